The molecule has 4 nitrogen and oxygen atoms in total. The van der Waals surface area contributed by atoms with Crippen molar-refractivity contribution in [2.45, 2.75) is 33.2 Å². The Labute approximate surface area is 101 Å². The van der Waals surface area contributed by atoms with Crippen LogP contribution >= 0.6 is 0 Å². The van der Waals surface area contributed by atoms with Crippen LogP contribution in [0.3, 0.4) is 0 Å². The number of ether oxygens (including phenoxy) is 1. The highest BCUT2D eigenvalue weighted by molar-refractivity contribution is 5.68. The van der Waals surface area contributed by atoms with Gasteiger partial charge in [-0.1, -0.05) is 6.07 Å². The van der Waals surface area contributed by atoms with E-state index in [9.17, 15) is 4.79 Å². The van der Waals surface area contributed by atoms with Crippen molar-refractivity contribution in [1.29, 1.82) is 0 Å². The third-order valence-corrected chi connectivity index (χ3v) is 2.72. The first-order valence-electron chi connectivity index (χ1n) is 5.67. The Hall–Kier alpha value is -1.55. The number of aliphatic carboxylic acids is 1. The maximum Gasteiger partial charge on any atom is 0.305 e. The number of benzene rings is 1. The van der Waals surface area contributed by atoms with Crippen LogP contribution in [0, 0.1) is 13.8 Å². The van der Waals surface area contributed by atoms with Gasteiger partial charge in [-0.25, -0.2) is 0 Å². The summed E-state index contributed by atoms with van der Waals surface area (Å²) in [7, 11) is 0. The highest BCUT2D eigenvalue weighted by atomic mass is 16.5. The second-order valence-electron chi connectivity index (χ2n) is 4.11. The largest absolute Gasteiger partial charge is 0.494 e. The van der Waals surface area contributed by atoms with E-state index >= 15 is 0 Å². The van der Waals surface area contributed by atoms with Gasteiger partial charge in [0.1, 0.15) is 5.75 Å². The van der Waals surface area contributed by atoms with Crippen molar-refractivity contribution in [3.05, 3.63) is 28.8 Å². The molecule has 1 rings (SSSR count). The highest BCUT2D eigenvalue weighted by Gasteiger charge is 2.16. The van der Waals surface area contributed by atoms with E-state index in [4.69, 9.17) is 15.6 Å². The summed E-state index contributed by atoms with van der Waals surface area (Å²) < 4.78 is 5.50. The monoisotopic (exact) mass is 237 g/mol. The summed E-state index contributed by atoms with van der Waals surface area (Å²) in [5, 5.41) is 8.77. The van der Waals surface area contributed by atoms with E-state index in [1.807, 2.05) is 32.9 Å². The zero-order valence-electron chi connectivity index (χ0n) is 10.5. The van der Waals surface area contributed by atoms with Gasteiger partial charge in [-0.05, 0) is 38.0 Å². The molecule has 0 bridgehead atoms. The number of carboxylic acid groups (broad SMARTS) is 1. The lowest BCUT2D eigenvalue weighted by Crippen LogP contribution is -2.16. The molecule has 0 aromatic heterocycles. The molecule has 0 heterocycles. The maximum atomic E-state index is 10.7. The number of aryl methyl sites for hydroxylation is 2. The fourth-order valence-electron chi connectivity index (χ4n) is 1.68. The molecule has 17 heavy (non-hydrogen) atoms. The van der Waals surface area contributed by atoms with Crippen LogP contribution < -0.4 is 10.5 Å². The molecule has 0 saturated carbocycles. The fourth-order valence-corrected chi connectivity index (χ4v) is 1.68. The lowest BCUT2D eigenvalue weighted by Gasteiger charge is -2.17. The average Bonchev–Trinajstić information content (AvgIpc) is 2.22. The van der Waals surface area contributed by atoms with Gasteiger partial charge in [0, 0.05) is 11.6 Å². The second-order valence-corrected chi connectivity index (χ2v) is 4.11. The molecule has 1 atom stereocenters. The minimum Gasteiger partial charge on any atom is -0.494 e. The molecule has 0 fully saturated rings. The smallest absolute Gasteiger partial charge is 0.305 e. The van der Waals surface area contributed by atoms with Gasteiger partial charge in [0.05, 0.1) is 13.0 Å². The van der Waals surface area contributed by atoms with Crippen molar-refractivity contribution in [1.82, 2.24) is 0 Å². The predicted molar refractivity (Wildman–Crippen MR) is 66.3 cm³/mol. The standard InChI is InChI=1S/C13H19NO3/c1-4-17-12-6-9(3)8(2)5-10(12)11(14)7-13(15)16/h5-6,11H,4,7,14H2,1-3H3,(H,15,16). The molecular formula is C13H19NO3. The first-order chi connectivity index (χ1) is 7.95. The van der Waals surface area contributed by atoms with Gasteiger partial charge in [-0.2, -0.15) is 0 Å². The zero-order valence-corrected chi connectivity index (χ0v) is 10.5. The van der Waals surface area contributed by atoms with Crippen LogP contribution in [0.4, 0.5) is 0 Å². The van der Waals surface area contributed by atoms with Crippen LogP contribution in [0.25, 0.3) is 0 Å². The van der Waals surface area contributed by atoms with Gasteiger partial charge >= 0.3 is 5.97 Å². The van der Waals surface area contributed by atoms with Crippen LogP contribution in [0.15, 0.2) is 12.1 Å². The molecule has 0 saturated heterocycles. The highest BCUT2D eigenvalue weighted by Crippen LogP contribution is 2.29. The first kappa shape index (κ1) is 13.5. The minimum atomic E-state index is -0.904. The summed E-state index contributed by atoms with van der Waals surface area (Å²) in [5.74, 6) is -0.220. The molecule has 0 amide bonds. The molecule has 0 aliphatic carbocycles. The van der Waals surface area contributed by atoms with E-state index in [2.05, 4.69) is 0 Å². The summed E-state index contributed by atoms with van der Waals surface area (Å²) in [4.78, 5) is 10.7. The number of carbonyl (C=O) groups is 1. The summed E-state index contributed by atoms with van der Waals surface area (Å²) in [6.45, 7) is 6.39. The van der Waals surface area contributed by atoms with Crippen LogP contribution in [0.1, 0.15) is 36.1 Å². The Morgan fingerprint density at radius 3 is 2.53 bits per heavy atom. The second kappa shape index (κ2) is 5.68. The molecule has 0 radical (unpaired) electrons. The molecule has 1 unspecified atom stereocenters. The van der Waals surface area contributed by atoms with Crippen molar-refractivity contribution < 1.29 is 14.6 Å². The summed E-state index contributed by atoms with van der Waals surface area (Å²) in [6, 6.07) is 3.29. The lowest BCUT2D eigenvalue weighted by atomic mass is 9.98. The number of nitrogens with two attached hydrogens (primary N) is 1. The number of hydrogen-bond donors (Lipinski definition) is 2. The lowest BCUT2D eigenvalue weighted by molar-refractivity contribution is -0.137. The van der Waals surface area contributed by atoms with Crippen LogP contribution in [0.2, 0.25) is 0 Å². The van der Waals surface area contributed by atoms with Crippen LogP contribution in [0.5, 0.6) is 5.75 Å². The molecule has 1 aromatic rings. The number of carboxylic acids is 1. The van der Waals surface area contributed by atoms with Crippen LogP contribution in [-0.2, 0) is 4.79 Å². The van der Waals surface area contributed by atoms with Crippen molar-refractivity contribution >= 4 is 5.97 Å². The molecule has 94 valence electrons. The van der Waals surface area contributed by atoms with Gasteiger partial charge in [-0.3, -0.25) is 4.79 Å². The van der Waals surface area contributed by atoms with E-state index in [1.165, 1.54) is 0 Å². The Morgan fingerprint density at radius 1 is 1.41 bits per heavy atom. The quantitative estimate of drug-likeness (QED) is 0.823. The van der Waals surface area contributed by atoms with E-state index in [-0.39, 0.29) is 6.42 Å². The van der Waals surface area contributed by atoms with Gasteiger partial charge in [0.25, 0.3) is 0 Å². The fraction of sp³-hybridized carbons (Fsp3) is 0.462. The van der Waals surface area contributed by atoms with Gasteiger partial charge in [0.15, 0.2) is 0 Å². The van der Waals surface area contributed by atoms with E-state index in [1.54, 1.807) is 0 Å². The maximum absolute atomic E-state index is 10.7. The zero-order chi connectivity index (χ0) is 13.0. The summed E-state index contributed by atoms with van der Waals surface area (Å²) in [6.07, 6.45) is -0.0947. The van der Waals surface area contributed by atoms with E-state index < -0.39 is 12.0 Å². The Balaban J connectivity index is 3.10. The SMILES string of the molecule is CCOc1cc(C)c(C)cc1C(N)CC(=O)O. The molecule has 1 aromatic carbocycles. The molecule has 3 N–H and O–H groups in total. The molecule has 0 spiro atoms. The number of hydrogen-bond acceptors (Lipinski definition) is 3. The third-order valence-electron chi connectivity index (χ3n) is 2.72. The third kappa shape index (κ3) is 3.46. The van der Waals surface area contributed by atoms with Crippen molar-refractivity contribution in [3.8, 4) is 5.75 Å². The number of rotatable bonds is 5. The van der Waals surface area contributed by atoms with Crippen molar-refractivity contribution in [2.75, 3.05) is 6.61 Å². The predicted octanol–water partition coefficient (Wildman–Crippen LogP) is 2.18. The van der Waals surface area contributed by atoms with E-state index in [0.717, 1.165) is 16.7 Å². The molecule has 0 aliphatic heterocycles. The molecular weight excluding hydrogens is 218 g/mol. The topological polar surface area (TPSA) is 72.5 Å². The summed E-state index contributed by atoms with van der Waals surface area (Å²) >= 11 is 0. The van der Waals surface area contributed by atoms with Gasteiger partial charge in [0.2, 0.25) is 0 Å². The Bertz CT molecular complexity index is 415. The average molecular weight is 237 g/mol. The van der Waals surface area contributed by atoms with Gasteiger partial charge < -0.3 is 15.6 Å². The first-order valence-corrected chi connectivity index (χ1v) is 5.67. The van der Waals surface area contributed by atoms with E-state index in [0.29, 0.717) is 12.4 Å². The van der Waals surface area contributed by atoms with Gasteiger partial charge in [-0.15, -0.1) is 0 Å². The molecule has 0 aliphatic rings. The molecule has 4 heteroatoms. The van der Waals surface area contributed by atoms with Crippen LogP contribution in [-0.4, -0.2) is 17.7 Å². The Morgan fingerprint density at radius 2 is 2.00 bits per heavy atom. The van der Waals surface area contributed by atoms with Crippen molar-refractivity contribution in [2.24, 2.45) is 5.73 Å². The van der Waals surface area contributed by atoms with Crippen molar-refractivity contribution in [3.63, 3.8) is 0 Å². The normalized spacial score (nSPS) is 12.2. The summed E-state index contributed by atoms with van der Waals surface area (Å²) in [5.41, 5.74) is 8.84. The minimum absolute atomic E-state index is 0.0947. The Kier molecular flexibility index (Phi) is 4.52.